The molecule has 1 aliphatic rings. The SMILES string of the molecule is Cc1c[nH]c2c(-c3c(F)cc4c(c3F)[C@@H](NCc3ccc5ccccc5c3)[C@H](O)C(C)(C)N4)cccc12. The number of aromatic amines is 1. The zero-order chi connectivity index (χ0) is 25.9. The quantitative estimate of drug-likeness (QED) is 0.217. The van der Waals surface area contributed by atoms with Crippen molar-refractivity contribution < 1.29 is 13.9 Å². The lowest BCUT2D eigenvalue weighted by Gasteiger charge is -2.44. The van der Waals surface area contributed by atoms with Gasteiger partial charge in [-0.3, -0.25) is 0 Å². The number of halogens is 2. The summed E-state index contributed by atoms with van der Waals surface area (Å²) >= 11 is 0. The van der Waals surface area contributed by atoms with E-state index in [1.807, 2.05) is 63.4 Å². The fourth-order valence-electron chi connectivity index (χ4n) is 5.58. The maximum atomic E-state index is 16.4. The van der Waals surface area contributed by atoms with Crippen LogP contribution in [0.5, 0.6) is 0 Å². The van der Waals surface area contributed by atoms with E-state index in [9.17, 15) is 5.11 Å². The Kier molecular flexibility index (Phi) is 5.55. The molecule has 1 aromatic heterocycles. The van der Waals surface area contributed by atoms with E-state index in [1.165, 1.54) is 6.07 Å². The molecule has 0 amide bonds. The summed E-state index contributed by atoms with van der Waals surface area (Å²) in [5.74, 6) is -1.32. The van der Waals surface area contributed by atoms with Crippen LogP contribution in [-0.4, -0.2) is 21.7 Å². The van der Waals surface area contributed by atoms with Gasteiger partial charge < -0.3 is 20.7 Å². The van der Waals surface area contributed by atoms with Gasteiger partial charge in [0.25, 0.3) is 0 Å². The molecule has 0 fully saturated rings. The molecule has 6 heteroatoms. The number of aromatic nitrogens is 1. The molecule has 0 saturated carbocycles. The third-order valence-electron chi connectivity index (χ3n) is 7.61. The van der Waals surface area contributed by atoms with Crippen LogP contribution in [0.25, 0.3) is 32.8 Å². The van der Waals surface area contributed by atoms with Gasteiger partial charge in [0.1, 0.15) is 11.6 Å². The maximum absolute atomic E-state index is 16.4. The van der Waals surface area contributed by atoms with Gasteiger partial charge in [-0.1, -0.05) is 54.6 Å². The van der Waals surface area contributed by atoms with Crippen LogP contribution in [0.1, 0.15) is 36.6 Å². The Balaban J connectivity index is 1.45. The van der Waals surface area contributed by atoms with E-state index in [0.717, 1.165) is 27.3 Å². The molecular formula is C31H29F2N3O. The number of aliphatic hydroxyl groups excluding tert-OH is 1. The Morgan fingerprint density at radius 2 is 1.76 bits per heavy atom. The van der Waals surface area contributed by atoms with Crippen LogP contribution in [0, 0.1) is 18.6 Å². The van der Waals surface area contributed by atoms with Crippen LogP contribution in [0.4, 0.5) is 14.5 Å². The number of para-hydroxylation sites is 1. The average Bonchev–Trinajstić information content (AvgIpc) is 3.26. The lowest BCUT2D eigenvalue weighted by molar-refractivity contribution is 0.0663. The topological polar surface area (TPSA) is 60.1 Å². The van der Waals surface area contributed by atoms with Crippen molar-refractivity contribution in [1.29, 1.82) is 0 Å². The summed E-state index contributed by atoms with van der Waals surface area (Å²) in [5, 5.41) is 21.0. The summed E-state index contributed by atoms with van der Waals surface area (Å²) < 4.78 is 32.0. The minimum absolute atomic E-state index is 0.0996. The molecule has 1 aliphatic heterocycles. The summed E-state index contributed by atoms with van der Waals surface area (Å²) in [6.07, 6.45) is 0.876. The van der Waals surface area contributed by atoms with E-state index in [0.29, 0.717) is 23.3 Å². The van der Waals surface area contributed by atoms with E-state index in [-0.39, 0.29) is 11.1 Å². The lowest BCUT2D eigenvalue weighted by atomic mass is 9.80. The van der Waals surface area contributed by atoms with Crippen molar-refractivity contribution >= 4 is 27.4 Å². The van der Waals surface area contributed by atoms with Crippen molar-refractivity contribution in [3.05, 3.63) is 101 Å². The standard InChI is InChI=1S/C31H29F2N3O/c1-17-15-34-28-21(17)9-6-10-22(28)25-23(32)14-24-26(27(25)33)29(30(37)31(2,3)36-24)35-16-18-11-12-19-7-4-5-8-20(19)13-18/h4-15,29-30,34-37H,16H2,1-3H3/t29-,30+/m1/s1. The molecule has 0 spiro atoms. The normalized spacial score (nSPS) is 18.6. The number of H-pyrrole nitrogens is 1. The number of aryl methyl sites for hydroxylation is 1. The van der Waals surface area contributed by atoms with Gasteiger partial charge in [0.15, 0.2) is 0 Å². The van der Waals surface area contributed by atoms with Crippen molar-refractivity contribution in [3.63, 3.8) is 0 Å². The van der Waals surface area contributed by atoms with E-state index in [2.05, 4.69) is 33.8 Å². The highest BCUT2D eigenvalue weighted by Crippen LogP contribution is 2.44. The number of nitrogens with one attached hydrogen (secondary N) is 3. The molecular weight excluding hydrogens is 468 g/mol. The first-order valence-electron chi connectivity index (χ1n) is 12.5. The number of hydrogen-bond acceptors (Lipinski definition) is 3. The van der Waals surface area contributed by atoms with Gasteiger partial charge in [0.05, 0.1) is 28.8 Å². The maximum Gasteiger partial charge on any atom is 0.140 e. The third kappa shape index (κ3) is 3.88. The van der Waals surface area contributed by atoms with Crippen LogP contribution < -0.4 is 10.6 Å². The van der Waals surface area contributed by atoms with Gasteiger partial charge in [-0.2, -0.15) is 0 Å². The number of anilines is 1. The minimum atomic E-state index is -0.961. The van der Waals surface area contributed by atoms with E-state index < -0.39 is 29.3 Å². The first-order chi connectivity index (χ1) is 17.7. The second-order valence-electron chi connectivity index (χ2n) is 10.5. The Morgan fingerprint density at radius 3 is 2.57 bits per heavy atom. The number of fused-ring (bicyclic) bond motifs is 3. The second-order valence-corrected chi connectivity index (χ2v) is 10.5. The third-order valence-corrected chi connectivity index (χ3v) is 7.61. The monoisotopic (exact) mass is 497 g/mol. The van der Waals surface area contributed by atoms with E-state index in [1.54, 1.807) is 6.07 Å². The molecule has 37 heavy (non-hydrogen) atoms. The Morgan fingerprint density at radius 1 is 0.973 bits per heavy atom. The Labute approximate surface area is 214 Å². The van der Waals surface area contributed by atoms with Crippen molar-refractivity contribution in [2.45, 2.75) is 45.0 Å². The summed E-state index contributed by atoms with van der Waals surface area (Å²) in [5.41, 5.74) is 2.84. The molecule has 0 aliphatic carbocycles. The smallest absolute Gasteiger partial charge is 0.140 e. The van der Waals surface area contributed by atoms with Gasteiger partial charge >= 0.3 is 0 Å². The molecule has 0 unspecified atom stereocenters. The van der Waals surface area contributed by atoms with Crippen molar-refractivity contribution in [1.82, 2.24) is 10.3 Å². The summed E-state index contributed by atoms with van der Waals surface area (Å²) in [4.78, 5) is 3.17. The molecule has 4 N–H and O–H groups in total. The highest BCUT2D eigenvalue weighted by molar-refractivity contribution is 5.96. The van der Waals surface area contributed by atoms with Crippen molar-refractivity contribution in [2.24, 2.45) is 0 Å². The van der Waals surface area contributed by atoms with Crippen LogP contribution >= 0.6 is 0 Å². The lowest BCUT2D eigenvalue weighted by Crippen LogP contribution is -2.54. The molecule has 0 bridgehead atoms. The van der Waals surface area contributed by atoms with Gasteiger partial charge in [0, 0.05) is 34.9 Å². The van der Waals surface area contributed by atoms with Gasteiger partial charge in [-0.05, 0) is 54.8 Å². The van der Waals surface area contributed by atoms with Crippen LogP contribution in [-0.2, 0) is 6.54 Å². The molecule has 0 saturated heterocycles. The van der Waals surface area contributed by atoms with Crippen molar-refractivity contribution in [3.8, 4) is 11.1 Å². The number of benzene rings is 4. The zero-order valence-corrected chi connectivity index (χ0v) is 21.0. The first kappa shape index (κ1) is 23.6. The van der Waals surface area contributed by atoms with Crippen LogP contribution in [0.15, 0.2) is 72.9 Å². The predicted octanol–water partition coefficient (Wildman–Crippen LogP) is 6.97. The van der Waals surface area contributed by atoms with Crippen LogP contribution in [0.3, 0.4) is 0 Å². The Hall–Kier alpha value is -3.74. The minimum Gasteiger partial charge on any atom is -0.389 e. The first-order valence-corrected chi connectivity index (χ1v) is 12.5. The Bertz CT molecular complexity index is 1660. The molecule has 188 valence electrons. The largest absolute Gasteiger partial charge is 0.389 e. The van der Waals surface area contributed by atoms with E-state index in [4.69, 9.17) is 0 Å². The zero-order valence-electron chi connectivity index (χ0n) is 21.0. The summed E-state index contributed by atoms with van der Waals surface area (Å²) in [6, 6.07) is 20.3. The predicted molar refractivity (Wildman–Crippen MR) is 146 cm³/mol. The fraction of sp³-hybridized carbons (Fsp3) is 0.226. The molecule has 2 atom stereocenters. The molecule has 0 radical (unpaired) electrons. The highest BCUT2D eigenvalue weighted by atomic mass is 19.1. The van der Waals surface area contributed by atoms with Gasteiger partial charge in [-0.25, -0.2) is 8.78 Å². The number of aliphatic hydroxyl groups is 1. The highest BCUT2D eigenvalue weighted by Gasteiger charge is 2.43. The molecule has 6 rings (SSSR count). The summed E-state index contributed by atoms with van der Waals surface area (Å²) in [7, 11) is 0. The average molecular weight is 498 g/mol. The van der Waals surface area contributed by atoms with Gasteiger partial charge in [0.2, 0.25) is 0 Å². The fourth-order valence-corrected chi connectivity index (χ4v) is 5.58. The summed E-state index contributed by atoms with van der Waals surface area (Å²) in [6.45, 7) is 6.03. The second kappa shape index (κ2) is 8.68. The van der Waals surface area contributed by atoms with Gasteiger partial charge in [-0.15, -0.1) is 0 Å². The molecule has 2 heterocycles. The molecule has 4 aromatic carbocycles. The van der Waals surface area contributed by atoms with Crippen molar-refractivity contribution in [2.75, 3.05) is 5.32 Å². The number of hydrogen-bond donors (Lipinski definition) is 4. The van der Waals surface area contributed by atoms with Crippen LogP contribution in [0.2, 0.25) is 0 Å². The molecule has 4 nitrogen and oxygen atoms in total. The number of rotatable bonds is 4. The molecule has 5 aromatic rings. The van der Waals surface area contributed by atoms with E-state index >= 15 is 8.78 Å².